The molecule has 0 amide bonds. The molecule has 1 unspecified atom stereocenters. The molecule has 4 nitrogen and oxygen atoms in total. The van der Waals surface area contributed by atoms with Gasteiger partial charge < -0.3 is 9.84 Å². The zero-order valence-electron chi connectivity index (χ0n) is 8.48. The van der Waals surface area contributed by atoms with Crippen molar-refractivity contribution in [3.05, 3.63) is 28.4 Å². The fourth-order valence-electron chi connectivity index (χ4n) is 2.06. The highest BCUT2D eigenvalue weighted by Gasteiger charge is 2.25. The Hall–Kier alpha value is -0.910. The molecule has 16 heavy (non-hydrogen) atoms. The summed E-state index contributed by atoms with van der Waals surface area (Å²) >= 11 is 3.50. The number of fused-ring (bicyclic) bond motifs is 1. The monoisotopic (exact) mass is 282 g/mol. The Labute approximate surface area is 101 Å². The Bertz CT molecular complexity index is 526. The summed E-state index contributed by atoms with van der Waals surface area (Å²) in [6.07, 6.45) is 2.10. The molecular formula is C11H11BrN2O2. The zero-order valence-corrected chi connectivity index (χ0v) is 10.1. The van der Waals surface area contributed by atoms with Crippen LogP contribution in [0, 0.1) is 0 Å². The van der Waals surface area contributed by atoms with E-state index in [0.717, 1.165) is 20.9 Å². The largest absolute Gasteiger partial charge is 0.391 e. The Kier molecular flexibility index (Phi) is 2.46. The van der Waals surface area contributed by atoms with E-state index in [1.165, 1.54) is 0 Å². The molecule has 1 saturated heterocycles. The predicted octanol–water partition coefficient (Wildman–Crippen LogP) is 2.15. The average molecular weight is 283 g/mol. The van der Waals surface area contributed by atoms with Crippen molar-refractivity contribution in [1.82, 2.24) is 10.2 Å². The lowest BCUT2D eigenvalue weighted by Crippen LogP contribution is -2.02. The van der Waals surface area contributed by atoms with Gasteiger partial charge in [-0.1, -0.05) is 0 Å². The second-order valence-corrected chi connectivity index (χ2v) is 4.90. The van der Waals surface area contributed by atoms with Crippen LogP contribution in [0.25, 0.3) is 10.9 Å². The van der Waals surface area contributed by atoms with Crippen molar-refractivity contribution in [2.24, 2.45) is 0 Å². The zero-order chi connectivity index (χ0) is 11.1. The number of halogens is 1. The molecule has 0 spiro atoms. The summed E-state index contributed by atoms with van der Waals surface area (Å²) in [6.45, 7) is 0.422. The summed E-state index contributed by atoms with van der Waals surface area (Å²) < 4.78 is 6.50. The van der Waals surface area contributed by atoms with Gasteiger partial charge in [-0.3, -0.25) is 5.10 Å². The van der Waals surface area contributed by atoms with Crippen molar-refractivity contribution in [2.45, 2.75) is 18.6 Å². The first-order valence-corrected chi connectivity index (χ1v) is 5.95. The van der Waals surface area contributed by atoms with Crippen LogP contribution in [0.2, 0.25) is 0 Å². The average Bonchev–Trinajstić information content (AvgIpc) is 2.85. The van der Waals surface area contributed by atoms with Crippen LogP contribution in [0.15, 0.2) is 22.8 Å². The Morgan fingerprint density at radius 3 is 3.12 bits per heavy atom. The predicted molar refractivity (Wildman–Crippen MR) is 63.1 cm³/mol. The van der Waals surface area contributed by atoms with Gasteiger partial charge in [0.1, 0.15) is 0 Å². The van der Waals surface area contributed by atoms with Gasteiger partial charge in [-0.2, -0.15) is 5.10 Å². The molecule has 2 heterocycles. The minimum atomic E-state index is -0.344. The number of aliphatic hydroxyl groups excluding tert-OH is 1. The van der Waals surface area contributed by atoms with Gasteiger partial charge in [0.25, 0.3) is 0 Å². The lowest BCUT2D eigenvalue weighted by atomic mass is 10.0. The fourth-order valence-corrected chi connectivity index (χ4v) is 2.65. The van der Waals surface area contributed by atoms with Crippen LogP contribution in [-0.4, -0.2) is 28.0 Å². The third-order valence-electron chi connectivity index (χ3n) is 2.87. The maximum absolute atomic E-state index is 9.45. The number of hydrogen-bond acceptors (Lipinski definition) is 3. The lowest BCUT2D eigenvalue weighted by Gasteiger charge is -2.10. The van der Waals surface area contributed by atoms with E-state index in [9.17, 15) is 5.11 Å². The highest BCUT2D eigenvalue weighted by atomic mass is 79.9. The van der Waals surface area contributed by atoms with Crippen molar-refractivity contribution in [3.8, 4) is 0 Å². The van der Waals surface area contributed by atoms with E-state index in [1.54, 1.807) is 6.20 Å². The quantitative estimate of drug-likeness (QED) is 0.843. The maximum atomic E-state index is 9.45. The van der Waals surface area contributed by atoms with Crippen molar-refractivity contribution < 1.29 is 9.84 Å². The molecule has 5 heteroatoms. The molecule has 1 aromatic carbocycles. The Morgan fingerprint density at radius 2 is 2.38 bits per heavy atom. The van der Waals surface area contributed by atoms with Crippen LogP contribution in [-0.2, 0) is 4.74 Å². The summed E-state index contributed by atoms with van der Waals surface area (Å²) in [5, 5.41) is 17.4. The van der Waals surface area contributed by atoms with Crippen LogP contribution >= 0.6 is 15.9 Å². The maximum Gasteiger partial charge on any atom is 0.0852 e. The van der Waals surface area contributed by atoms with Crippen molar-refractivity contribution in [1.29, 1.82) is 0 Å². The highest BCUT2D eigenvalue weighted by Crippen LogP contribution is 2.33. The molecule has 1 aliphatic heterocycles. The van der Waals surface area contributed by atoms with Crippen LogP contribution < -0.4 is 0 Å². The van der Waals surface area contributed by atoms with Crippen molar-refractivity contribution >= 4 is 26.8 Å². The standard InChI is InChI=1S/C11H11BrN2O2/c12-9-2-6(10-3-8(15)5-16-10)1-7-4-13-14-11(7)9/h1-2,4,8,10,15H,3,5H2,(H,13,14)/t8-,10?/m1/s1. The van der Waals surface area contributed by atoms with Crippen molar-refractivity contribution in [2.75, 3.05) is 6.61 Å². The first-order valence-electron chi connectivity index (χ1n) is 5.16. The summed E-state index contributed by atoms with van der Waals surface area (Å²) in [5.74, 6) is 0. The van der Waals surface area contributed by atoms with E-state index in [0.29, 0.717) is 13.0 Å². The van der Waals surface area contributed by atoms with E-state index < -0.39 is 0 Å². The third-order valence-corrected chi connectivity index (χ3v) is 3.50. The van der Waals surface area contributed by atoms with Gasteiger partial charge in [0.15, 0.2) is 0 Å². The normalized spacial score (nSPS) is 25.4. The second kappa shape index (κ2) is 3.84. The van der Waals surface area contributed by atoms with E-state index in [2.05, 4.69) is 26.1 Å². The number of benzene rings is 1. The highest BCUT2D eigenvalue weighted by molar-refractivity contribution is 9.10. The first kappa shape index (κ1) is 10.3. The summed E-state index contributed by atoms with van der Waals surface area (Å²) in [6, 6.07) is 4.06. The molecule has 0 bridgehead atoms. The van der Waals surface area contributed by atoms with E-state index in [1.807, 2.05) is 12.1 Å². The molecule has 1 aliphatic rings. The molecule has 84 valence electrons. The molecule has 0 saturated carbocycles. The molecule has 3 rings (SSSR count). The lowest BCUT2D eigenvalue weighted by molar-refractivity contribution is 0.0889. The van der Waals surface area contributed by atoms with Crippen LogP contribution in [0.4, 0.5) is 0 Å². The third kappa shape index (κ3) is 1.65. The number of H-pyrrole nitrogens is 1. The van der Waals surface area contributed by atoms with Crippen LogP contribution in [0.3, 0.4) is 0 Å². The van der Waals surface area contributed by atoms with Gasteiger partial charge in [0.2, 0.25) is 0 Å². The molecule has 1 aromatic heterocycles. The first-order chi connectivity index (χ1) is 7.74. The minimum Gasteiger partial charge on any atom is -0.391 e. The Balaban J connectivity index is 2.04. The second-order valence-electron chi connectivity index (χ2n) is 4.05. The minimum absolute atomic E-state index is 0.00870. The number of aromatic amines is 1. The summed E-state index contributed by atoms with van der Waals surface area (Å²) in [5.41, 5.74) is 2.07. The summed E-state index contributed by atoms with van der Waals surface area (Å²) in [4.78, 5) is 0. The van der Waals surface area contributed by atoms with E-state index >= 15 is 0 Å². The fraction of sp³-hybridized carbons (Fsp3) is 0.364. The van der Waals surface area contributed by atoms with E-state index in [-0.39, 0.29) is 12.2 Å². The number of rotatable bonds is 1. The number of hydrogen-bond donors (Lipinski definition) is 2. The van der Waals surface area contributed by atoms with Crippen LogP contribution in [0.5, 0.6) is 0 Å². The number of nitrogens with one attached hydrogen (secondary N) is 1. The van der Waals surface area contributed by atoms with Gasteiger partial charge in [-0.25, -0.2) is 0 Å². The number of aliphatic hydroxyl groups is 1. The SMILES string of the molecule is O[C@H]1COC(c2cc(Br)c3[nH]ncc3c2)C1. The van der Waals surface area contributed by atoms with Crippen LogP contribution in [0.1, 0.15) is 18.1 Å². The molecule has 2 atom stereocenters. The smallest absolute Gasteiger partial charge is 0.0852 e. The molecular weight excluding hydrogens is 272 g/mol. The van der Waals surface area contributed by atoms with Gasteiger partial charge in [0.05, 0.1) is 30.5 Å². The summed E-state index contributed by atoms with van der Waals surface area (Å²) in [7, 11) is 0. The topological polar surface area (TPSA) is 58.1 Å². The van der Waals surface area contributed by atoms with Crippen molar-refractivity contribution in [3.63, 3.8) is 0 Å². The van der Waals surface area contributed by atoms with Gasteiger partial charge in [-0.05, 0) is 33.6 Å². The Morgan fingerprint density at radius 1 is 1.50 bits per heavy atom. The van der Waals surface area contributed by atoms with Gasteiger partial charge in [0, 0.05) is 16.3 Å². The van der Waals surface area contributed by atoms with E-state index in [4.69, 9.17) is 4.74 Å². The number of ether oxygens (including phenoxy) is 1. The van der Waals surface area contributed by atoms with Gasteiger partial charge >= 0.3 is 0 Å². The molecule has 2 N–H and O–H groups in total. The van der Waals surface area contributed by atoms with Gasteiger partial charge in [-0.15, -0.1) is 0 Å². The molecule has 1 fully saturated rings. The molecule has 0 radical (unpaired) electrons. The molecule has 2 aromatic rings. The number of nitrogens with zero attached hydrogens (tertiary/aromatic N) is 1. The number of aromatic nitrogens is 2. The molecule has 0 aliphatic carbocycles.